The number of thiophene rings is 1. The third kappa shape index (κ3) is 3.91. The predicted molar refractivity (Wildman–Crippen MR) is 75.7 cm³/mol. The van der Waals surface area contributed by atoms with Crippen LogP contribution in [0.3, 0.4) is 0 Å². The van der Waals surface area contributed by atoms with Crippen LogP contribution in [-0.2, 0) is 12.8 Å². The molecule has 0 fully saturated rings. The van der Waals surface area contributed by atoms with Gasteiger partial charge in [0.15, 0.2) is 0 Å². The Balaban J connectivity index is 1.89. The Kier molecular flexibility index (Phi) is 4.88. The molecule has 0 aliphatic heterocycles. The molecular formula is C13H14N2OS2. The second-order valence-electron chi connectivity index (χ2n) is 3.68. The first-order chi connectivity index (χ1) is 8.78. The minimum Gasteiger partial charge on any atom is -0.395 e. The van der Waals surface area contributed by atoms with Crippen molar-refractivity contribution in [1.29, 1.82) is 0 Å². The summed E-state index contributed by atoms with van der Waals surface area (Å²) < 4.78 is 1.81. The zero-order valence-electron chi connectivity index (χ0n) is 10.1. The molecule has 18 heavy (non-hydrogen) atoms. The van der Waals surface area contributed by atoms with E-state index in [0.717, 1.165) is 10.6 Å². The van der Waals surface area contributed by atoms with Gasteiger partial charge in [-0.3, -0.25) is 4.68 Å². The summed E-state index contributed by atoms with van der Waals surface area (Å²) in [5.41, 5.74) is 0. The zero-order chi connectivity index (χ0) is 12.8. The summed E-state index contributed by atoms with van der Waals surface area (Å²) in [6.07, 6.45) is 4.43. The maximum absolute atomic E-state index is 8.65. The van der Waals surface area contributed by atoms with E-state index >= 15 is 0 Å². The van der Waals surface area contributed by atoms with Gasteiger partial charge in [0.25, 0.3) is 0 Å². The Labute approximate surface area is 115 Å². The molecule has 0 radical (unpaired) electrons. The van der Waals surface area contributed by atoms with Crippen LogP contribution in [0, 0.1) is 11.8 Å². The number of rotatable bonds is 4. The van der Waals surface area contributed by atoms with Crippen LogP contribution in [0.2, 0.25) is 0 Å². The first-order valence-electron chi connectivity index (χ1n) is 5.58. The lowest BCUT2D eigenvalue weighted by atomic mass is 10.4. The molecule has 0 saturated heterocycles. The molecular weight excluding hydrogens is 264 g/mol. The number of hydrogen-bond acceptors (Lipinski definition) is 4. The lowest BCUT2D eigenvalue weighted by molar-refractivity contribution is 0.305. The van der Waals surface area contributed by atoms with E-state index in [1.165, 1.54) is 9.77 Å². The summed E-state index contributed by atoms with van der Waals surface area (Å²) in [6.45, 7) is 0.127. The summed E-state index contributed by atoms with van der Waals surface area (Å²) in [4.78, 5) is 3.54. The van der Waals surface area contributed by atoms with E-state index in [1.807, 2.05) is 30.2 Å². The van der Waals surface area contributed by atoms with Crippen LogP contribution in [0.15, 0.2) is 29.4 Å². The van der Waals surface area contributed by atoms with E-state index < -0.39 is 0 Å². The first kappa shape index (κ1) is 13.2. The summed E-state index contributed by atoms with van der Waals surface area (Å²) in [7, 11) is 1.92. The molecule has 0 saturated carbocycles. The highest BCUT2D eigenvalue weighted by molar-refractivity contribution is 7.98. The van der Waals surface area contributed by atoms with Crippen LogP contribution in [0.1, 0.15) is 16.2 Å². The van der Waals surface area contributed by atoms with Crippen molar-refractivity contribution in [3.63, 3.8) is 0 Å². The van der Waals surface area contributed by atoms with Gasteiger partial charge in [-0.1, -0.05) is 11.8 Å². The maximum atomic E-state index is 8.65. The van der Waals surface area contributed by atoms with Gasteiger partial charge in [0.2, 0.25) is 0 Å². The molecule has 0 unspecified atom stereocenters. The largest absolute Gasteiger partial charge is 0.395 e. The highest BCUT2D eigenvalue weighted by atomic mass is 32.2. The van der Waals surface area contributed by atoms with Crippen LogP contribution in [0.5, 0.6) is 0 Å². The lowest BCUT2D eigenvalue weighted by Gasteiger charge is -1.93. The third-order valence-electron chi connectivity index (χ3n) is 2.17. The molecule has 94 valence electrons. The normalized spacial score (nSPS) is 10.1. The molecule has 5 heteroatoms. The van der Waals surface area contributed by atoms with E-state index in [9.17, 15) is 0 Å². The molecule has 0 amide bonds. The van der Waals surface area contributed by atoms with Crippen molar-refractivity contribution < 1.29 is 5.11 Å². The van der Waals surface area contributed by atoms with Crippen LogP contribution in [-0.4, -0.2) is 21.5 Å². The second-order valence-corrected chi connectivity index (χ2v) is 5.90. The van der Waals surface area contributed by atoms with Crippen molar-refractivity contribution in [2.45, 2.75) is 17.1 Å². The van der Waals surface area contributed by atoms with Crippen LogP contribution >= 0.6 is 23.1 Å². The van der Waals surface area contributed by atoms with Crippen LogP contribution in [0.25, 0.3) is 0 Å². The van der Waals surface area contributed by atoms with Gasteiger partial charge in [-0.2, -0.15) is 5.10 Å². The number of aliphatic hydroxyl groups excluding tert-OH is 1. The number of aliphatic hydroxyl groups is 1. The Bertz CT molecular complexity index is 563. The second kappa shape index (κ2) is 6.64. The van der Waals surface area contributed by atoms with Crippen molar-refractivity contribution in [1.82, 2.24) is 9.78 Å². The summed E-state index contributed by atoms with van der Waals surface area (Å²) in [5, 5.41) is 12.8. The van der Waals surface area contributed by atoms with Crippen molar-refractivity contribution in [3.05, 3.63) is 34.3 Å². The summed E-state index contributed by atoms with van der Waals surface area (Å²) in [6, 6.07) is 4.14. The monoisotopic (exact) mass is 278 g/mol. The Morgan fingerprint density at radius 2 is 2.39 bits per heavy atom. The van der Waals surface area contributed by atoms with E-state index in [1.54, 1.807) is 23.1 Å². The quantitative estimate of drug-likeness (QED) is 0.690. The van der Waals surface area contributed by atoms with Crippen molar-refractivity contribution in [3.8, 4) is 11.8 Å². The molecule has 2 rings (SSSR count). The summed E-state index contributed by atoms with van der Waals surface area (Å²) in [5.74, 6) is 6.93. The predicted octanol–water partition coefficient (Wildman–Crippen LogP) is 2.51. The van der Waals surface area contributed by atoms with E-state index in [0.29, 0.717) is 6.42 Å². The molecule has 0 aliphatic rings. The molecule has 1 N–H and O–H groups in total. The third-order valence-corrected chi connectivity index (χ3v) is 4.36. The topological polar surface area (TPSA) is 38.0 Å². The smallest absolute Gasteiger partial charge is 0.0771 e. The molecule has 0 bridgehead atoms. The Hall–Kier alpha value is -1.22. The number of nitrogens with zero attached hydrogens (tertiary/aromatic N) is 2. The Morgan fingerprint density at radius 1 is 1.50 bits per heavy atom. The average Bonchev–Trinajstić information content (AvgIpc) is 2.96. The molecule has 0 atom stereocenters. The molecule has 2 aromatic heterocycles. The highest BCUT2D eigenvalue weighted by Gasteiger charge is 2.01. The SMILES string of the molecule is Cn1cc(SCc2ccc(C#CCCO)s2)cn1. The lowest BCUT2D eigenvalue weighted by Crippen LogP contribution is -1.83. The maximum Gasteiger partial charge on any atom is 0.0771 e. The van der Waals surface area contributed by atoms with E-state index in [-0.39, 0.29) is 6.61 Å². The van der Waals surface area contributed by atoms with Crippen molar-refractivity contribution in [2.75, 3.05) is 6.61 Å². The molecule has 2 heterocycles. The number of hydrogen-bond donors (Lipinski definition) is 1. The van der Waals surface area contributed by atoms with Gasteiger partial charge in [-0.15, -0.1) is 23.1 Å². The van der Waals surface area contributed by atoms with E-state index in [2.05, 4.69) is 23.0 Å². The van der Waals surface area contributed by atoms with Gasteiger partial charge in [-0.05, 0) is 12.1 Å². The Morgan fingerprint density at radius 3 is 3.11 bits per heavy atom. The fourth-order valence-corrected chi connectivity index (χ4v) is 3.20. The van der Waals surface area contributed by atoms with Gasteiger partial charge < -0.3 is 5.11 Å². The van der Waals surface area contributed by atoms with Gasteiger partial charge in [0.05, 0.1) is 17.7 Å². The molecule has 0 aromatic carbocycles. The van der Waals surface area contributed by atoms with Crippen molar-refractivity contribution in [2.24, 2.45) is 7.05 Å². The minimum atomic E-state index is 0.127. The molecule has 3 nitrogen and oxygen atoms in total. The fourth-order valence-electron chi connectivity index (χ4n) is 1.36. The molecule has 0 aliphatic carbocycles. The zero-order valence-corrected chi connectivity index (χ0v) is 11.7. The van der Waals surface area contributed by atoms with Crippen LogP contribution in [0.4, 0.5) is 0 Å². The minimum absolute atomic E-state index is 0.127. The van der Waals surface area contributed by atoms with Crippen molar-refractivity contribution >= 4 is 23.1 Å². The average molecular weight is 278 g/mol. The van der Waals surface area contributed by atoms with Gasteiger partial charge in [0, 0.05) is 35.2 Å². The van der Waals surface area contributed by atoms with E-state index in [4.69, 9.17) is 5.11 Å². The van der Waals surface area contributed by atoms with Gasteiger partial charge in [-0.25, -0.2) is 0 Å². The fraction of sp³-hybridized carbons (Fsp3) is 0.308. The number of thioether (sulfide) groups is 1. The highest BCUT2D eigenvalue weighted by Crippen LogP contribution is 2.26. The molecule has 2 aromatic rings. The van der Waals surface area contributed by atoms with Gasteiger partial charge >= 0.3 is 0 Å². The van der Waals surface area contributed by atoms with Gasteiger partial charge in [0.1, 0.15) is 0 Å². The molecule has 0 spiro atoms. The van der Waals surface area contributed by atoms with Crippen LogP contribution < -0.4 is 0 Å². The standard InChI is InChI=1S/C13H14N2OS2/c1-15-9-13(8-14-15)17-10-12-6-5-11(18-12)4-2-3-7-16/h5-6,8-9,16H,3,7,10H2,1H3. The summed E-state index contributed by atoms with van der Waals surface area (Å²) >= 11 is 3.48. The number of aryl methyl sites for hydroxylation is 1. The first-order valence-corrected chi connectivity index (χ1v) is 7.38. The number of aromatic nitrogens is 2.